The Bertz CT molecular complexity index is 782. The zero-order valence-electron chi connectivity index (χ0n) is 14.2. The first-order chi connectivity index (χ1) is 12.2. The highest BCUT2D eigenvalue weighted by atomic mass is 19.4. The van der Waals surface area contributed by atoms with Gasteiger partial charge in [-0.15, -0.1) is 0 Å². The number of halogens is 3. The van der Waals surface area contributed by atoms with Crippen LogP contribution in [0, 0.1) is 5.92 Å². The Morgan fingerprint density at radius 1 is 1.42 bits per heavy atom. The van der Waals surface area contributed by atoms with E-state index in [2.05, 4.69) is 10.4 Å². The standard InChI is InChI=1S/C18H20F3N3O2/c1-24-10-13(9-22-24)17(12-7-15(25)8-12)23-16(26)6-11-3-2-4-14(5-11)18(19,20)21/h2-5,9-10,12,15,17,25H,6-8H2,1H3,(H,23,26)/t12?,15?,17-/m0/s1. The second kappa shape index (κ2) is 7.11. The lowest BCUT2D eigenvalue weighted by Gasteiger charge is -2.37. The van der Waals surface area contributed by atoms with Crippen molar-refractivity contribution < 1.29 is 23.1 Å². The summed E-state index contributed by atoms with van der Waals surface area (Å²) in [5.74, 6) is -0.278. The number of hydrogen-bond donors (Lipinski definition) is 2. The molecule has 1 heterocycles. The largest absolute Gasteiger partial charge is 0.416 e. The van der Waals surface area contributed by atoms with Crippen LogP contribution in [0.1, 0.15) is 35.6 Å². The van der Waals surface area contributed by atoms with Crippen LogP contribution in [0.2, 0.25) is 0 Å². The second-order valence-electron chi connectivity index (χ2n) is 6.75. The molecule has 1 aromatic carbocycles. The highest BCUT2D eigenvalue weighted by Crippen LogP contribution is 2.38. The van der Waals surface area contributed by atoms with Crippen LogP contribution in [0.25, 0.3) is 0 Å². The summed E-state index contributed by atoms with van der Waals surface area (Å²) in [6.07, 6.45) is -0.366. The van der Waals surface area contributed by atoms with E-state index < -0.39 is 11.7 Å². The van der Waals surface area contributed by atoms with Gasteiger partial charge in [-0.25, -0.2) is 0 Å². The van der Waals surface area contributed by atoms with E-state index in [0.29, 0.717) is 18.4 Å². The molecule has 0 bridgehead atoms. The number of benzene rings is 1. The summed E-state index contributed by atoms with van der Waals surface area (Å²) in [4.78, 5) is 12.4. The fraction of sp³-hybridized carbons (Fsp3) is 0.444. The van der Waals surface area contributed by atoms with E-state index in [4.69, 9.17) is 0 Å². The first-order valence-electron chi connectivity index (χ1n) is 8.34. The smallest absolute Gasteiger partial charge is 0.393 e. The number of aliphatic hydroxyl groups is 1. The Kier molecular flexibility index (Phi) is 5.04. The molecular formula is C18H20F3N3O2. The molecule has 1 atom stereocenters. The van der Waals surface area contributed by atoms with Crippen molar-refractivity contribution in [3.05, 3.63) is 53.3 Å². The third-order valence-electron chi connectivity index (χ3n) is 4.64. The zero-order valence-corrected chi connectivity index (χ0v) is 14.2. The molecular weight excluding hydrogens is 347 g/mol. The number of aromatic nitrogens is 2. The van der Waals surface area contributed by atoms with E-state index in [-0.39, 0.29) is 30.4 Å². The van der Waals surface area contributed by atoms with Crippen LogP contribution in [0.3, 0.4) is 0 Å². The van der Waals surface area contributed by atoms with Crippen molar-refractivity contribution in [1.29, 1.82) is 0 Å². The summed E-state index contributed by atoms with van der Waals surface area (Å²) in [5, 5.41) is 16.6. The minimum atomic E-state index is -4.44. The summed E-state index contributed by atoms with van der Waals surface area (Å²) < 4.78 is 40.0. The Morgan fingerprint density at radius 2 is 2.15 bits per heavy atom. The Morgan fingerprint density at radius 3 is 2.73 bits per heavy atom. The minimum absolute atomic E-state index is 0.0830. The van der Waals surface area contributed by atoms with E-state index >= 15 is 0 Å². The second-order valence-corrected chi connectivity index (χ2v) is 6.75. The summed E-state index contributed by atoms with van der Waals surface area (Å²) in [6, 6.07) is 4.46. The van der Waals surface area contributed by atoms with Crippen molar-refractivity contribution in [2.24, 2.45) is 13.0 Å². The van der Waals surface area contributed by atoms with E-state index in [9.17, 15) is 23.1 Å². The molecule has 1 aliphatic carbocycles. The van der Waals surface area contributed by atoms with Gasteiger partial charge in [0.25, 0.3) is 0 Å². The quantitative estimate of drug-likeness (QED) is 0.854. The van der Waals surface area contributed by atoms with Gasteiger partial charge in [0.15, 0.2) is 0 Å². The van der Waals surface area contributed by atoms with Crippen LogP contribution in [-0.4, -0.2) is 26.9 Å². The van der Waals surface area contributed by atoms with Gasteiger partial charge < -0.3 is 10.4 Å². The minimum Gasteiger partial charge on any atom is -0.393 e. The number of nitrogens with one attached hydrogen (secondary N) is 1. The highest BCUT2D eigenvalue weighted by Gasteiger charge is 2.36. The first kappa shape index (κ1) is 18.4. The van der Waals surface area contributed by atoms with Gasteiger partial charge in [0.1, 0.15) is 0 Å². The van der Waals surface area contributed by atoms with Crippen LogP contribution in [0.5, 0.6) is 0 Å². The molecule has 0 saturated heterocycles. The maximum atomic E-state index is 12.8. The molecule has 0 radical (unpaired) electrons. The van der Waals surface area contributed by atoms with Crippen molar-refractivity contribution in [3.63, 3.8) is 0 Å². The summed E-state index contributed by atoms with van der Waals surface area (Å²) in [6.45, 7) is 0. The maximum absolute atomic E-state index is 12.8. The molecule has 1 saturated carbocycles. The number of carbonyl (C=O) groups excluding carboxylic acids is 1. The fourth-order valence-corrected chi connectivity index (χ4v) is 3.24. The summed E-state index contributed by atoms with van der Waals surface area (Å²) in [5.41, 5.74) is 0.353. The van der Waals surface area contributed by atoms with Gasteiger partial charge in [-0.1, -0.05) is 18.2 Å². The summed E-state index contributed by atoms with van der Waals surface area (Å²) in [7, 11) is 1.76. The molecule has 140 valence electrons. The molecule has 1 aromatic heterocycles. The third kappa shape index (κ3) is 4.24. The predicted molar refractivity (Wildman–Crippen MR) is 88.0 cm³/mol. The van der Waals surface area contributed by atoms with Gasteiger partial charge in [0.2, 0.25) is 5.91 Å². The van der Waals surface area contributed by atoms with Gasteiger partial charge in [-0.2, -0.15) is 18.3 Å². The number of hydrogen-bond acceptors (Lipinski definition) is 3. The van der Waals surface area contributed by atoms with E-state index in [1.54, 1.807) is 24.1 Å². The number of rotatable bonds is 5. The lowest BCUT2D eigenvalue weighted by Crippen LogP contribution is -2.41. The molecule has 1 fully saturated rings. The normalized spacial score (nSPS) is 21.1. The number of aryl methyl sites for hydroxylation is 1. The SMILES string of the molecule is Cn1cc([C@@H](NC(=O)Cc2cccc(C(F)(F)F)c2)C2CC(O)C2)cn1. The van der Waals surface area contributed by atoms with E-state index in [0.717, 1.165) is 17.7 Å². The summed E-state index contributed by atoms with van der Waals surface area (Å²) >= 11 is 0. The monoisotopic (exact) mass is 367 g/mol. The van der Waals surface area contributed by atoms with Crippen molar-refractivity contribution >= 4 is 5.91 Å². The zero-order chi connectivity index (χ0) is 18.9. The molecule has 1 amide bonds. The van der Waals surface area contributed by atoms with Crippen molar-refractivity contribution in [2.75, 3.05) is 0 Å². The number of aliphatic hydroxyl groups excluding tert-OH is 1. The molecule has 3 rings (SSSR count). The van der Waals surface area contributed by atoms with E-state index in [1.165, 1.54) is 12.1 Å². The van der Waals surface area contributed by atoms with Gasteiger partial charge >= 0.3 is 6.18 Å². The number of amides is 1. The molecule has 0 aliphatic heterocycles. The van der Waals surface area contributed by atoms with E-state index in [1.807, 2.05) is 0 Å². The van der Waals surface area contributed by atoms with Crippen LogP contribution >= 0.6 is 0 Å². The Balaban J connectivity index is 1.70. The lowest BCUT2D eigenvalue weighted by molar-refractivity contribution is -0.137. The predicted octanol–water partition coefficient (Wildman–Crippen LogP) is 2.61. The van der Waals surface area contributed by atoms with Gasteiger partial charge in [-0.05, 0) is 30.4 Å². The number of nitrogens with zero attached hydrogens (tertiary/aromatic N) is 2. The Hall–Kier alpha value is -2.35. The molecule has 0 spiro atoms. The average Bonchev–Trinajstić information content (AvgIpc) is 2.96. The van der Waals surface area contributed by atoms with Crippen LogP contribution < -0.4 is 5.32 Å². The molecule has 1 aliphatic rings. The molecule has 26 heavy (non-hydrogen) atoms. The number of alkyl halides is 3. The molecule has 0 unspecified atom stereocenters. The van der Waals surface area contributed by atoms with Gasteiger partial charge in [-0.3, -0.25) is 9.48 Å². The van der Waals surface area contributed by atoms with Crippen LogP contribution in [0.15, 0.2) is 36.7 Å². The van der Waals surface area contributed by atoms with Crippen molar-refractivity contribution in [1.82, 2.24) is 15.1 Å². The molecule has 2 N–H and O–H groups in total. The average molecular weight is 367 g/mol. The van der Waals surface area contributed by atoms with Crippen molar-refractivity contribution in [3.8, 4) is 0 Å². The lowest BCUT2D eigenvalue weighted by atomic mass is 9.75. The molecule has 2 aromatic rings. The topological polar surface area (TPSA) is 67.2 Å². The fourth-order valence-electron chi connectivity index (χ4n) is 3.24. The Labute approximate surface area is 148 Å². The highest BCUT2D eigenvalue weighted by molar-refractivity contribution is 5.79. The first-order valence-corrected chi connectivity index (χ1v) is 8.34. The molecule has 5 nitrogen and oxygen atoms in total. The molecule has 8 heteroatoms. The van der Waals surface area contributed by atoms with Gasteiger partial charge in [0.05, 0.1) is 30.3 Å². The van der Waals surface area contributed by atoms with Crippen LogP contribution in [0.4, 0.5) is 13.2 Å². The van der Waals surface area contributed by atoms with Crippen LogP contribution in [-0.2, 0) is 24.4 Å². The van der Waals surface area contributed by atoms with Crippen molar-refractivity contribution in [2.45, 2.75) is 37.6 Å². The maximum Gasteiger partial charge on any atom is 0.416 e. The van der Waals surface area contributed by atoms with Gasteiger partial charge in [0, 0.05) is 18.8 Å². The third-order valence-corrected chi connectivity index (χ3v) is 4.64. The number of carbonyl (C=O) groups is 1.